The molecular formula is C23H23ClN2O4S. The standard InChI is InChI=1S/C23H23ClN2O4S/c1-30-14-13-25-31(28,29)21-12-6-10-19(16-21)23(27)26-22(17-7-3-2-4-8-17)18-9-5-11-20(24)15-18/h2-12,15-16,22,25H,13-14H2,1H3,(H,26,27). The largest absolute Gasteiger partial charge is 0.383 e. The lowest BCUT2D eigenvalue weighted by atomic mass is 9.98. The van der Waals surface area contributed by atoms with Gasteiger partial charge in [0, 0.05) is 24.2 Å². The van der Waals surface area contributed by atoms with Gasteiger partial charge < -0.3 is 10.1 Å². The van der Waals surface area contributed by atoms with Crippen molar-refractivity contribution in [1.82, 2.24) is 10.0 Å². The van der Waals surface area contributed by atoms with Crippen LogP contribution in [-0.4, -0.2) is 34.6 Å². The topological polar surface area (TPSA) is 84.5 Å². The zero-order chi connectivity index (χ0) is 22.3. The van der Waals surface area contributed by atoms with E-state index in [1.54, 1.807) is 18.2 Å². The zero-order valence-electron chi connectivity index (χ0n) is 16.9. The van der Waals surface area contributed by atoms with Crippen molar-refractivity contribution in [3.8, 4) is 0 Å². The molecule has 31 heavy (non-hydrogen) atoms. The third-order valence-electron chi connectivity index (χ3n) is 4.60. The average molecular weight is 459 g/mol. The summed E-state index contributed by atoms with van der Waals surface area (Å²) in [6, 6.07) is 22.2. The number of carbonyl (C=O) groups is 1. The SMILES string of the molecule is COCCNS(=O)(=O)c1cccc(C(=O)NC(c2ccccc2)c2cccc(Cl)c2)c1. The van der Waals surface area contributed by atoms with E-state index in [0.29, 0.717) is 5.02 Å². The number of halogens is 1. The van der Waals surface area contributed by atoms with Gasteiger partial charge in [-0.2, -0.15) is 0 Å². The van der Waals surface area contributed by atoms with E-state index < -0.39 is 22.0 Å². The van der Waals surface area contributed by atoms with Crippen molar-refractivity contribution in [2.45, 2.75) is 10.9 Å². The minimum Gasteiger partial charge on any atom is -0.383 e. The number of hydrogen-bond donors (Lipinski definition) is 2. The molecule has 0 spiro atoms. The molecule has 0 bridgehead atoms. The average Bonchev–Trinajstić information content (AvgIpc) is 2.78. The molecule has 0 fully saturated rings. The second kappa shape index (κ2) is 10.5. The Labute approximate surface area is 187 Å². The van der Waals surface area contributed by atoms with Crippen LogP contribution in [0.5, 0.6) is 0 Å². The van der Waals surface area contributed by atoms with Gasteiger partial charge in [-0.05, 0) is 41.5 Å². The Balaban J connectivity index is 1.87. The van der Waals surface area contributed by atoms with Crippen LogP contribution in [0, 0.1) is 0 Å². The van der Waals surface area contributed by atoms with Crippen molar-refractivity contribution in [2.24, 2.45) is 0 Å². The normalized spacial score (nSPS) is 12.3. The van der Waals surface area contributed by atoms with E-state index in [4.69, 9.17) is 16.3 Å². The minimum atomic E-state index is -3.75. The number of hydrogen-bond acceptors (Lipinski definition) is 4. The van der Waals surface area contributed by atoms with Gasteiger partial charge in [0.2, 0.25) is 10.0 Å². The van der Waals surface area contributed by atoms with Crippen LogP contribution < -0.4 is 10.0 Å². The molecule has 8 heteroatoms. The predicted molar refractivity (Wildman–Crippen MR) is 121 cm³/mol. The molecule has 3 rings (SSSR count). The van der Waals surface area contributed by atoms with Crippen LogP contribution in [0.3, 0.4) is 0 Å². The highest BCUT2D eigenvalue weighted by Gasteiger charge is 2.20. The number of amides is 1. The lowest BCUT2D eigenvalue weighted by Gasteiger charge is -2.20. The summed E-state index contributed by atoms with van der Waals surface area (Å²) >= 11 is 6.16. The fourth-order valence-corrected chi connectivity index (χ4v) is 4.33. The van der Waals surface area contributed by atoms with Crippen molar-refractivity contribution < 1.29 is 17.9 Å². The van der Waals surface area contributed by atoms with Crippen molar-refractivity contribution in [3.63, 3.8) is 0 Å². The van der Waals surface area contributed by atoms with Crippen LogP contribution in [0.15, 0.2) is 83.8 Å². The Hall–Kier alpha value is -2.71. The second-order valence-electron chi connectivity index (χ2n) is 6.79. The Morgan fingerprint density at radius 1 is 0.968 bits per heavy atom. The van der Waals surface area contributed by atoms with Crippen LogP contribution in [0.1, 0.15) is 27.5 Å². The van der Waals surface area contributed by atoms with E-state index in [1.807, 2.05) is 42.5 Å². The van der Waals surface area contributed by atoms with E-state index in [2.05, 4.69) is 10.0 Å². The molecule has 2 N–H and O–H groups in total. The molecule has 0 heterocycles. The molecule has 0 saturated heterocycles. The van der Waals surface area contributed by atoms with Crippen LogP contribution in [0.4, 0.5) is 0 Å². The summed E-state index contributed by atoms with van der Waals surface area (Å²) in [4.78, 5) is 13.1. The van der Waals surface area contributed by atoms with Crippen LogP contribution in [-0.2, 0) is 14.8 Å². The maximum absolute atomic E-state index is 13.0. The monoisotopic (exact) mass is 458 g/mol. The third-order valence-corrected chi connectivity index (χ3v) is 6.29. The zero-order valence-corrected chi connectivity index (χ0v) is 18.5. The van der Waals surface area contributed by atoms with Crippen molar-refractivity contribution in [1.29, 1.82) is 0 Å². The van der Waals surface area contributed by atoms with E-state index in [0.717, 1.165) is 11.1 Å². The Bertz CT molecular complexity index is 1140. The quantitative estimate of drug-likeness (QED) is 0.478. The van der Waals surface area contributed by atoms with Gasteiger partial charge in [-0.15, -0.1) is 0 Å². The van der Waals surface area contributed by atoms with Gasteiger partial charge in [0.1, 0.15) is 0 Å². The van der Waals surface area contributed by atoms with Crippen molar-refractivity contribution in [2.75, 3.05) is 20.3 Å². The summed E-state index contributed by atoms with van der Waals surface area (Å²) in [5, 5.41) is 3.55. The van der Waals surface area contributed by atoms with Gasteiger partial charge in [-0.3, -0.25) is 4.79 Å². The van der Waals surface area contributed by atoms with E-state index in [1.165, 1.54) is 25.3 Å². The first-order valence-electron chi connectivity index (χ1n) is 9.60. The summed E-state index contributed by atoms with van der Waals surface area (Å²) in [6.45, 7) is 0.387. The van der Waals surface area contributed by atoms with E-state index >= 15 is 0 Å². The van der Waals surface area contributed by atoms with Gasteiger partial charge in [-0.25, -0.2) is 13.1 Å². The van der Waals surface area contributed by atoms with Crippen LogP contribution >= 0.6 is 11.6 Å². The number of nitrogens with one attached hydrogen (secondary N) is 2. The Morgan fingerprint density at radius 2 is 1.68 bits per heavy atom. The molecule has 3 aromatic carbocycles. The summed E-state index contributed by atoms with van der Waals surface area (Å²) in [5.41, 5.74) is 1.93. The molecule has 0 radical (unpaired) electrons. The van der Waals surface area contributed by atoms with E-state index in [-0.39, 0.29) is 23.6 Å². The summed E-state index contributed by atoms with van der Waals surface area (Å²) in [5.74, 6) is -0.400. The van der Waals surface area contributed by atoms with Crippen LogP contribution in [0.2, 0.25) is 5.02 Å². The molecular weight excluding hydrogens is 436 g/mol. The van der Waals surface area contributed by atoms with Gasteiger partial charge in [0.05, 0.1) is 17.5 Å². The number of methoxy groups -OCH3 is 1. The molecule has 162 valence electrons. The Morgan fingerprint density at radius 3 is 2.39 bits per heavy atom. The number of rotatable bonds is 9. The first kappa shape index (κ1) is 23.0. The fraction of sp³-hybridized carbons (Fsp3) is 0.174. The van der Waals surface area contributed by atoms with E-state index in [9.17, 15) is 13.2 Å². The molecule has 0 aromatic heterocycles. The highest BCUT2D eigenvalue weighted by atomic mass is 35.5. The first-order chi connectivity index (χ1) is 14.9. The molecule has 0 saturated carbocycles. The number of ether oxygens (including phenoxy) is 1. The molecule has 3 aromatic rings. The number of carbonyl (C=O) groups excluding carboxylic acids is 1. The van der Waals surface area contributed by atoms with Gasteiger partial charge in [0.25, 0.3) is 5.91 Å². The lowest BCUT2D eigenvalue weighted by molar-refractivity contribution is 0.0942. The highest BCUT2D eigenvalue weighted by molar-refractivity contribution is 7.89. The third kappa shape index (κ3) is 6.15. The Kier molecular flexibility index (Phi) is 7.81. The molecule has 1 amide bonds. The van der Waals surface area contributed by atoms with Gasteiger partial charge in [-0.1, -0.05) is 60.1 Å². The smallest absolute Gasteiger partial charge is 0.252 e. The number of sulfonamides is 1. The summed E-state index contributed by atoms with van der Waals surface area (Å²) in [6.07, 6.45) is 0. The molecule has 0 aliphatic rings. The second-order valence-corrected chi connectivity index (χ2v) is 8.99. The van der Waals surface area contributed by atoms with Crippen LogP contribution in [0.25, 0.3) is 0 Å². The predicted octanol–water partition coefficient (Wildman–Crippen LogP) is 3.78. The number of benzene rings is 3. The first-order valence-corrected chi connectivity index (χ1v) is 11.5. The minimum absolute atomic E-state index is 0.00951. The summed E-state index contributed by atoms with van der Waals surface area (Å²) in [7, 11) is -2.27. The van der Waals surface area contributed by atoms with Gasteiger partial charge >= 0.3 is 0 Å². The lowest BCUT2D eigenvalue weighted by Crippen LogP contribution is -2.30. The molecule has 1 atom stereocenters. The maximum atomic E-state index is 13.0. The molecule has 1 unspecified atom stereocenters. The maximum Gasteiger partial charge on any atom is 0.252 e. The molecule has 0 aliphatic carbocycles. The van der Waals surface area contributed by atoms with Crippen molar-refractivity contribution >= 4 is 27.5 Å². The fourth-order valence-electron chi connectivity index (χ4n) is 3.07. The molecule has 0 aliphatic heterocycles. The van der Waals surface area contributed by atoms with Crippen molar-refractivity contribution in [3.05, 3.63) is 101 Å². The molecule has 6 nitrogen and oxygen atoms in total. The summed E-state index contributed by atoms with van der Waals surface area (Å²) < 4.78 is 32.3. The highest BCUT2D eigenvalue weighted by Crippen LogP contribution is 2.25. The van der Waals surface area contributed by atoms with Gasteiger partial charge in [0.15, 0.2) is 0 Å².